The van der Waals surface area contributed by atoms with Crippen molar-refractivity contribution in [3.63, 3.8) is 0 Å². The second kappa shape index (κ2) is 11.9. The minimum atomic E-state index is -0.174. The molecule has 3 N–H and O–H groups in total. The molecule has 0 unspecified atom stereocenters. The van der Waals surface area contributed by atoms with Gasteiger partial charge >= 0.3 is 0 Å². The Morgan fingerprint density at radius 3 is 2.50 bits per heavy atom. The molecule has 0 aliphatic heterocycles. The van der Waals surface area contributed by atoms with Crippen LogP contribution in [0.15, 0.2) is 67.0 Å². The Morgan fingerprint density at radius 2 is 1.78 bits per heavy atom. The van der Waals surface area contributed by atoms with Gasteiger partial charge in [-0.25, -0.2) is 4.52 Å². The molecule has 0 aliphatic carbocycles. The molecular weight excluding hydrogens is 454 g/mol. The zero-order valence-electron chi connectivity index (χ0n) is 20.2. The van der Waals surface area contributed by atoms with Crippen molar-refractivity contribution in [2.75, 3.05) is 18.5 Å². The summed E-state index contributed by atoms with van der Waals surface area (Å²) in [5, 5.41) is 29.2. The molecule has 8 nitrogen and oxygen atoms in total. The van der Waals surface area contributed by atoms with Gasteiger partial charge in [0.25, 0.3) is 5.91 Å². The van der Waals surface area contributed by atoms with Gasteiger partial charge in [-0.15, -0.1) is 0 Å². The summed E-state index contributed by atoms with van der Waals surface area (Å²) in [7, 11) is 0. The van der Waals surface area contributed by atoms with Crippen molar-refractivity contribution >= 4 is 22.8 Å². The number of benzene rings is 2. The number of ether oxygens (including phenoxy) is 1. The zero-order chi connectivity index (χ0) is 25.3. The number of aliphatic hydroxyl groups excluding tert-OH is 1. The van der Waals surface area contributed by atoms with Gasteiger partial charge in [0.05, 0.1) is 28.5 Å². The van der Waals surface area contributed by atoms with Crippen LogP contribution in [0.5, 0.6) is 11.5 Å². The van der Waals surface area contributed by atoms with E-state index in [9.17, 15) is 10.1 Å². The van der Waals surface area contributed by atoms with Crippen LogP contribution in [-0.4, -0.2) is 33.8 Å². The summed E-state index contributed by atoms with van der Waals surface area (Å²) in [6.45, 7) is 2.62. The molecule has 184 valence electrons. The first kappa shape index (κ1) is 24.8. The molecule has 2 aromatic heterocycles. The topological polar surface area (TPSA) is 112 Å². The molecular formula is C28H29N5O3. The Balaban J connectivity index is 1.52. The summed E-state index contributed by atoms with van der Waals surface area (Å²) >= 11 is 0. The van der Waals surface area contributed by atoms with Crippen LogP contribution < -0.4 is 15.4 Å². The molecule has 0 spiro atoms. The number of nitrogens with one attached hydrogen (secondary N) is 2. The number of carbonyl (C=O) groups is 1. The molecule has 8 heteroatoms. The normalized spacial score (nSPS) is 10.7. The van der Waals surface area contributed by atoms with Crippen LogP contribution in [0.4, 0.5) is 11.4 Å². The molecule has 2 heterocycles. The predicted molar refractivity (Wildman–Crippen MR) is 139 cm³/mol. The number of rotatable bonds is 11. The lowest BCUT2D eigenvalue weighted by molar-refractivity contribution is 0.0952. The molecule has 0 fully saturated rings. The van der Waals surface area contributed by atoms with Crippen molar-refractivity contribution in [1.29, 1.82) is 5.26 Å². The summed E-state index contributed by atoms with van der Waals surface area (Å²) in [5.74, 6) is 1.27. The number of para-hydroxylation sites is 1. The molecule has 0 saturated heterocycles. The number of unbranched alkanes of at least 4 members (excludes halogenated alkanes) is 3. The van der Waals surface area contributed by atoms with Gasteiger partial charge < -0.3 is 20.5 Å². The number of aryl methyl sites for hydroxylation is 1. The standard InChI is InChI=1S/C28H29N5O3/c1-20-25(28(35)30-15-7-2-3-8-16-34)19-33-27(20)26(21(17-29)18-31-33)32-22-11-13-24(14-12-22)36-23-9-5-4-6-10-23/h4-6,9-14,18-19,32,34H,2-3,7-8,15-16H2,1H3,(H,30,35). The first-order valence-electron chi connectivity index (χ1n) is 12.0. The van der Waals surface area contributed by atoms with E-state index in [1.807, 2.05) is 61.5 Å². The number of nitriles is 1. The summed E-state index contributed by atoms with van der Waals surface area (Å²) in [5.41, 5.74) is 3.67. The molecule has 0 saturated carbocycles. The van der Waals surface area contributed by atoms with Gasteiger partial charge in [-0.2, -0.15) is 10.4 Å². The monoisotopic (exact) mass is 483 g/mol. The van der Waals surface area contributed by atoms with E-state index < -0.39 is 0 Å². The van der Waals surface area contributed by atoms with E-state index in [2.05, 4.69) is 21.8 Å². The van der Waals surface area contributed by atoms with Gasteiger partial charge in [0.1, 0.15) is 17.6 Å². The van der Waals surface area contributed by atoms with Crippen LogP contribution in [0, 0.1) is 18.3 Å². The van der Waals surface area contributed by atoms with Crippen molar-refractivity contribution in [1.82, 2.24) is 14.9 Å². The van der Waals surface area contributed by atoms with E-state index in [1.165, 1.54) is 6.20 Å². The number of hydrogen-bond acceptors (Lipinski definition) is 6. The minimum absolute atomic E-state index is 0.174. The van der Waals surface area contributed by atoms with E-state index in [-0.39, 0.29) is 12.5 Å². The molecule has 36 heavy (non-hydrogen) atoms. The van der Waals surface area contributed by atoms with Crippen LogP contribution >= 0.6 is 0 Å². The smallest absolute Gasteiger partial charge is 0.253 e. The van der Waals surface area contributed by atoms with Crippen molar-refractivity contribution in [2.24, 2.45) is 0 Å². The molecule has 2 aromatic carbocycles. The SMILES string of the molecule is Cc1c(C(=O)NCCCCCCO)cn2ncc(C#N)c(Nc3ccc(Oc4ccccc4)cc3)c12. The van der Waals surface area contributed by atoms with Crippen LogP contribution in [0.25, 0.3) is 5.52 Å². The van der Waals surface area contributed by atoms with Crippen LogP contribution in [0.2, 0.25) is 0 Å². The third-order valence-corrected chi connectivity index (χ3v) is 5.90. The molecule has 4 aromatic rings. The van der Waals surface area contributed by atoms with Crippen LogP contribution in [0.3, 0.4) is 0 Å². The number of fused-ring (bicyclic) bond motifs is 1. The fourth-order valence-electron chi connectivity index (χ4n) is 3.99. The van der Waals surface area contributed by atoms with Crippen LogP contribution in [0.1, 0.15) is 47.2 Å². The van der Waals surface area contributed by atoms with E-state index in [4.69, 9.17) is 9.84 Å². The Kier molecular flexibility index (Phi) is 8.16. The van der Waals surface area contributed by atoms with E-state index >= 15 is 0 Å². The molecule has 0 bridgehead atoms. The molecule has 0 atom stereocenters. The highest BCUT2D eigenvalue weighted by atomic mass is 16.5. The number of aromatic nitrogens is 2. The lowest BCUT2D eigenvalue weighted by atomic mass is 10.1. The summed E-state index contributed by atoms with van der Waals surface area (Å²) in [6, 6.07) is 19.2. The number of amides is 1. The highest BCUT2D eigenvalue weighted by molar-refractivity contribution is 6.00. The number of anilines is 2. The van der Waals surface area contributed by atoms with Crippen molar-refractivity contribution in [3.8, 4) is 17.6 Å². The molecule has 4 rings (SSSR count). The van der Waals surface area contributed by atoms with E-state index in [0.29, 0.717) is 34.6 Å². The lowest BCUT2D eigenvalue weighted by Crippen LogP contribution is -2.24. The quantitative estimate of drug-likeness (QED) is 0.249. The highest BCUT2D eigenvalue weighted by Crippen LogP contribution is 2.31. The van der Waals surface area contributed by atoms with E-state index in [1.54, 1.807) is 10.7 Å². The summed E-state index contributed by atoms with van der Waals surface area (Å²) < 4.78 is 7.48. The first-order valence-corrected chi connectivity index (χ1v) is 12.0. The first-order chi connectivity index (χ1) is 17.6. The second-order valence-corrected chi connectivity index (χ2v) is 8.46. The zero-order valence-corrected chi connectivity index (χ0v) is 20.2. The number of carbonyl (C=O) groups excluding carboxylic acids is 1. The molecule has 1 amide bonds. The van der Waals surface area contributed by atoms with Gasteiger partial charge in [0.2, 0.25) is 0 Å². The third-order valence-electron chi connectivity index (χ3n) is 5.90. The van der Waals surface area contributed by atoms with Gasteiger partial charge in [0.15, 0.2) is 0 Å². The molecule has 0 radical (unpaired) electrons. The maximum Gasteiger partial charge on any atom is 0.253 e. The summed E-state index contributed by atoms with van der Waals surface area (Å²) in [6.07, 6.45) is 6.71. The fraction of sp³-hybridized carbons (Fsp3) is 0.250. The largest absolute Gasteiger partial charge is 0.457 e. The highest BCUT2D eigenvalue weighted by Gasteiger charge is 2.19. The van der Waals surface area contributed by atoms with Crippen LogP contribution in [-0.2, 0) is 0 Å². The average Bonchev–Trinajstić information content (AvgIpc) is 3.24. The minimum Gasteiger partial charge on any atom is -0.457 e. The fourth-order valence-corrected chi connectivity index (χ4v) is 3.99. The van der Waals surface area contributed by atoms with Gasteiger partial charge in [-0.3, -0.25) is 4.79 Å². The maximum atomic E-state index is 12.8. The van der Waals surface area contributed by atoms with Gasteiger partial charge in [0, 0.05) is 25.0 Å². The van der Waals surface area contributed by atoms with Crippen molar-refractivity contribution in [2.45, 2.75) is 32.6 Å². The Morgan fingerprint density at radius 1 is 1.06 bits per heavy atom. The maximum absolute atomic E-state index is 12.8. The summed E-state index contributed by atoms with van der Waals surface area (Å²) in [4.78, 5) is 12.8. The van der Waals surface area contributed by atoms with Gasteiger partial charge in [-0.05, 0) is 61.7 Å². The van der Waals surface area contributed by atoms with Crippen molar-refractivity contribution < 1.29 is 14.6 Å². The third kappa shape index (κ3) is 5.82. The Labute approximate surface area is 210 Å². The van der Waals surface area contributed by atoms with Crippen molar-refractivity contribution in [3.05, 3.63) is 83.7 Å². The Bertz CT molecular complexity index is 1360. The Hall–Kier alpha value is -4.35. The molecule has 0 aliphatic rings. The lowest BCUT2D eigenvalue weighted by Gasteiger charge is -2.12. The number of hydrogen-bond donors (Lipinski definition) is 3. The number of nitrogens with zero attached hydrogens (tertiary/aromatic N) is 3. The predicted octanol–water partition coefficient (Wildman–Crippen LogP) is 5.33. The average molecular weight is 484 g/mol. The number of aliphatic hydroxyl groups is 1. The van der Waals surface area contributed by atoms with Gasteiger partial charge in [-0.1, -0.05) is 31.0 Å². The van der Waals surface area contributed by atoms with E-state index in [0.717, 1.165) is 42.7 Å². The second-order valence-electron chi connectivity index (χ2n) is 8.46.